The lowest BCUT2D eigenvalue weighted by atomic mass is 10.4. The van der Waals surface area contributed by atoms with E-state index in [2.05, 4.69) is 48.0 Å². The molecular formula is C14H22N4S2. The first-order valence-electron chi connectivity index (χ1n) is 6.89. The Labute approximate surface area is 128 Å². The Hall–Kier alpha value is -0.980. The third-order valence-electron chi connectivity index (χ3n) is 3.15. The zero-order valence-corrected chi connectivity index (χ0v) is 14.2. The summed E-state index contributed by atoms with van der Waals surface area (Å²) in [5.41, 5.74) is 4.17. The van der Waals surface area contributed by atoms with Gasteiger partial charge < -0.3 is 10.2 Å². The van der Waals surface area contributed by atoms with Crippen LogP contribution in [0.5, 0.6) is 0 Å². The molecule has 0 amide bonds. The van der Waals surface area contributed by atoms with Crippen molar-refractivity contribution in [2.75, 3.05) is 18.5 Å². The van der Waals surface area contributed by atoms with Gasteiger partial charge in [-0.25, -0.2) is 9.97 Å². The molecule has 2 heterocycles. The molecule has 0 saturated heterocycles. The maximum atomic E-state index is 4.69. The number of aromatic nitrogens is 2. The van der Waals surface area contributed by atoms with E-state index in [4.69, 9.17) is 0 Å². The van der Waals surface area contributed by atoms with Crippen LogP contribution in [0, 0.1) is 13.8 Å². The molecule has 6 heteroatoms. The third kappa shape index (κ3) is 3.77. The Morgan fingerprint density at radius 3 is 2.70 bits per heavy atom. The van der Waals surface area contributed by atoms with Gasteiger partial charge in [-0.2, -0.15) is 0 Å². The molecule has 1 N–H and O–H groups in total. The summed E-state index contributed by atoms with van der Waals surface area (Å²) in [7, 11) is 2.10. The topological polar surface area (TPSA) is 41.0 Å². The Balaban J connectivity index is 2.01. The fourth-order valence-electron chi connectivity index (χ4n) is 1.88. The zero-order valence-electron chi connectivity index (χ0n) is 12.6. The van der Waals surface area contributed by atoms with Gasteiger partial charge in [-0.3, -0.25) is 0 Å². The molecule has 0 aromatic carbocycles. The first-order chi connectivity index (χ1) is 9.61. The van der Waals surface area contributed by atoms with E-state index in [0.29, 0.717) is 0 Å². The summed E-state index contributed by atoms with van der Waals surface area (Å²) in [6.45, 7) is 9.20. The van der Waals surface area contributed by atoms with Crippen molar-refractivity contribution in [1.82, 2.24) is 15.3 Å². The van der Waals surface area contributed by atoms with E-state index < -0.39 is 0 Å². The van der Waals surface area contributed by atoms with Crippen LogP contribution in [0.2, 0.25) is 0 Å². The lowest BCUT2D eigenvalue weighted by Gasteiger charge is -2.14. The molecule has 2 aromatic heterocycles. The van der Waals surface area contributed by atoms with Crippen LogP contribution in [0.4, 0.5) is 5.13 Å². The van der Waals surface area contributed by atoms with Crippen molar-refractivity contribution in [3.05, 3.63) is 26.7 Å². The van der Waals surface area contributed by atoms with Crippen molar-refractivity contribution >= 4 is 27.8 Å². The molecule has 0 radical (unpaired) electrons. The molecule has 0 aliphatic heterocycles. The molecule has 2 aromatic rings. The number of aryl methyl sites for hydroxylation is 2. The summed E-state index contributed by atoms with van der Waals surface area (Å²) >= 11 is 3.49. The second kappa shape index (κ2) is 7.15. The van der Waals surface area contributed by atoms with Crippen LogP contribution >= 0.6 is 22.7 Å². The lowest BCUT2D eigenvalue weighted by Crippen LogP contribution is -2.15. The van der Waals surface area contributed by atoms with Gasteiger partial charge in [0.1, 0.15) is 0 Å². The summed E-state index contributed by atoms with van der Waals surface area (Å²) in [4.78, 5) is 13.8. The van der Waals surface area contributed by atoms with Crippen LogP contribution in [0.15, 0.2) is 5.51 Å². The molecular weight excluding hydrogens is 288 g/mol. The standard InChI is InChI=1S/C14H22N4S2/c1-5-6-15-7-12-11(3)17-14(20-12)18(4)8-13-10(2)16-9-19-13/h9,15H,5-8H2,1-4H3. The van der Waals surface area contributed by atoms with Crippen molar-refractivity contribution in [1.29, 1.82) is 0 Å². The molecule has 0 spiro atoms. The van der Waals surface area contributed by atoms with Crippen molar-refractivity contribution < 1.29 is 0 Å². The molecule has 2 rings (SSSR count). The molecule has 20 heavy (non-hydrogen) atoms. The number of rotatable bonds is 7. The summed E-state index contributed by atoms with van der Waals surface area (Å²) in [6.07, 6.45) is 1.16. The van der Waals surface area contributed by atoms with E-state index in [9.17, 15) is 0 Å². The van der Waals surface area contributed by atoms with Crippen molar-refractivity contribution in [2.24, 2.45) is 0 Å². The highest BCUT2D eigenvalue weighted by atomic mass is 32.1. The highest BCUT2D eigenvalue weighted by Crippen LogP contribution is 2.27. The van der Waals surface area contributed by atoms with Gasteiger partial charge in [-0.15, -0.1) is 22.7 Å². The Kier molecular flexibility index (Phi) is 5.51. The number of hydrogen-bond donors (Lipinski definition) is 1. The van der Waals surface area contributed by atoms with Gasteiger partial charge in [-0.05, 0) is 26.8 Å². The van der Waals surface area contributed by atoms with Gasteiger partial charge in [0, 0.05) is 23.3 Å². The van der Waals surface area contributed by atoms with Crippen molar-refractivity contribution in [3.8, 4) is 0 Å². The zero-order chi connectivity index (χ0) is 14.5. The predicted octanol–water partition coefficient (Wildman–Crippen LogP) is 3.35. The maximum absolute atomic E-state index is 4.69. The molecule has 110 valence electrons. The average Bonchev–Trinajstić information content (AvgIpc) is 2.98. The van der Waals surface area contributed by atoms with Gasteiger partial charge in [0.2, 0.25) is 0 Å². The fourth-order valence-corrected chi connectivity index (χ4v) is 3.70. The molecule has 0 saturated carbocycles. The molecule has 4 nitrogen and oxygen atoms in total. The first kappa shape index (κ1) is 15.4. The van der Waals surface area contributed by atoms with E-state index in [1.54, 1.807) is 22.7 Å². The SMILES string of the molecule is CCCNCc1sc(N(C)Cc2scnc2C)nc1C. The number of thiazole rings is 2. The number of nitrogens with zero attached hydrogens (tertiary/aromatic N) is 3. The highest BCUT2D eigenvalue weighted by Gasteiger charge is 2.13. The van der Waals surface area contributed by atoms with E-state index in [1.165, 1.54) is 9.75 Å². The normalized spacial score (nSPS) is 11.0. The van der Waals surface area contributed by atoms with Crippen LogP contribution < -0.4 is 10.2 Å². The summed E-state index contributed by atoms with van der Waals surface area (Å²) in [5, 5.41) is 4.53. The van der Waals surface area contributed by atoms with Crippen LogP contribution in [0.1, 0.15) is 34.5 Å². The van der Waals surface area contributed by atoms with Gasteiger partial charge in [0.15, 0.2) is 5.13 Å². The number of hydrogen-bond acceptors (Lipinski definition) is 6. The largest absolute Gasteiger partial charge is 0.346 e. The minimum atomic E-state index is 0.880. The second-order valence-corrected chi connectivity index (χ2v) is 6.90. The number of anilines is 1. The summed E-state index contributed by atoms with van der Waals surface area (Å²) < 4.78 is 0. The quantitative estimate of drug-likeness (QED) is 0.796. The van der Waals surface area contributed by atoms with E-state index >= 15 is 0 Å². The molecule has 0 fully saturated rings. The van der Waals surface area contributed by atoms with Crippen LogP contribution in [-0.2, 0) is 13.1 Å². The Morgan fingerprint density at radius 1 is 1.25 bits per heavy atom. The highest BCUT2D eigenvalue weighted by molar-refractivity contribution is 7.15. The van der Waals surface area contributed by atoms with Crippen molar-refractivity contribution in [3.63, 3.8) is 0 Å². The van der Waals surface area contributed by atoms with Crippen LogP contribution in [0.3, 0.4) is 0 Å². The average molecular weight is 310 g/mol. The number of nitrogens with one attached hydrogen (secondary N) is 1. The maximum Gasteiger partial charge on any atom is 0.185 e. The van der Waals surface area contributed by atoms with Crippen LogP contribution in [-0.4, -0.2) is 23.6 Å². The molecule has 0 atom stereocenters. The van der Waals surface area contributed by atoms with E-state index in [0.717, 1.165) is 42.6 Å². The van der Waals surface area contributed by atoms with Gasteiger partial charge in [-0.1, -0.05) is 6.92 Å². The summed E-state index contributed by atoms with van der Waals surface area (Å²) in [5.74, 6) is 0. The molecule has 0 unspecified atom stereocenters. The van der Waals surface area contributed by atoms with Gasteiger partial charge in [0.05, 0.1) is 23.4 Å². The molecule has 0 bridgehead atoms. The van der Waals surface area contributed by atoms with Crippen molar-refractivity contribution in [2.45, 2.75) is 40.3 Å². The van der Waals surface area contributed by atoms with Crippen LogP contribution in [0.25, 0.3) is 0 Å². The monoisotopic (exact) mass is 310 g/mol. The minimum absolute atomic E-state index is 0.880. The smallest absolute Gasteiger partial charge is 0.185 e. The molecule has 0 aliphatic rings. The first-order valence-corrected chi connectivity index (χ1v) is 8.58. The Morgan fingerprint density at radius 2 is 2.05 bits per heavy atom. The second-order valence-electron chi connectivity index (χ2n) is 4.90. The third-order valence-corrected chi connectivity index (χ3v) is 5.34. The molecule has 0 aliphatic carbocycles. The van der Waals surface area contributed by atoms with E-state index in [1.807, 2.05) is 5.51 Å². The lowest BCUT2D eigenvalue weighted by molar-refractivity contribution is 0.678. The van der Waals surface area contributed by atoms with Gasteiger partial charge in [0.25, 0.3) is 0 Å². The van der Waals surface area contributed by atoms with E-state index in [-0.39, 0.29) is 0 Å². The Bertz CT molecular complexity index is 547. The predicted molar refractivity (Wildman–Crippen MR) is 87.8 cm³/mol. The summed E-state index contributed by atoms with van der Waals surface area (Å²) in [6, 6.07) is 0. The minimum Gasteiger partial charge on any atom is -0.346 e. The van der Waals surface area contributed by atoms with Gasteiger partial charge >= 0.3 is 0 Å². The fraction of sp³-hybridized carbons (Fsp3) is 0.571.